The number of anilines is 1. The number of nitrogen functional groups attached to an aromatic ring is 1. The van der Waals surface area contributed by atoms with Crippen LogP contribution < -0.4 is 15.2 Å². The minimum atomic E-state index is 0.555. The Balaban J connectivity index is 1.94. The lowest BCUT2D eigenvalue weighted by molar-refractivity contribution is 0.171. The standard InChI is InChI=1S/C14H15N3O2S/c1-8-5-9(2)17-14(16-8)20-13-7-12-11(6-10(13)15)18-3-4-19-12/h5-7H,3-4,15H2,1-2H3. The Morgan fingerprint density at radius 1 is 1.00 bits per heavy atom. The molecule has 0 aliphatic carbocycles. The van der Waals surface area contributed by atoms with Crippen LogP contribution in [0, 0.1) is 13.8 Å². The van der Waals surface area contributed by atoms with Gasteiger partial charge in [-0.25, -0.2) is 9.97 Å². The van der Waals surface area contributed by atoms with Crippen LogP contribution in [0.3, 0.4) is 0 Å². The third kappa shape index (κ3) is 2.65. The molecule has 0 fully saturated rings. The largest absolute Gasteiger partial charge is 0.486 e. The van der Waals surface area contributed by atoms with Gasteiger partial charge in [-0.15, -0.1) is 0 Å². The van der Waals surface area contributed by atoms with Crippen molar-refractivity contribution in [3.05, 3.63) is 29.6 Å². The molecule has 0 unspecified atom stereocenters. The van der Waals surface area contributed by atoms with Crippen LogP contribution in [-0.4, -0.2) is 23.2 Å². The van der Waals surface area contributed by atoms with E-state index in [4.69, 9.17) is 15.2 Å². The molecule has 1 aromatic carbocycles. The molecule has 0 spiro atoms. The highest BCUT2D eigenvalue weighted by atomic mass is 32.2. The quantitative estimate of drug-likeness (QED) is 0.677. The minimum absolute atomic E-state index is 0.555. The van der Waals surface area contributed by atoms with Gasteiger partial charge in [0.15, 0.2) is 16.7 Å². The van der Waals surface area contributed by atoms with Crippen LogP contribution in [-0.2, 0) is 0 Å². The summed E-state index contributed by atoms with van der Waals surface area (Å²) in [6.45, 7) is 5.01. The van der Waals surface area contributed by atoms with Crippen molar-refractivity contribution in [3.8, 4) is 11.5 Å². The van der Waals surface area contributed by atoms with Crippen molar-refractivity contribution in [2.45, 2.75) is 23.9 Å². The lowest BCUT2D eigenvalue weighted by Gasteiger charge is -2.19. The molecule has 0 saturated carbocycles. The van der Waals surface area contributed by atoms with E-state index in [9.17, 15) is 0 Å². The van der Waals surface area contributed by atoms with E-state index in [1.165, 1.54) is 11.8 Å². The summed E-state index contributed by atoms with van der Waals surface area (Å²) in [6, 6.07) is 5.62. The van der Waals surface area contributed by atoms with Crippen LogP contribution in [0.2, 0.25) is 0 Å². The third-order valence-electron chi connectivity index (χ3n) is 2.84. The molecule has 3 rings (SSSR count). The first-order valence-electron chi connectivity index (χ1n) is 6.31. The molecule has 20 heavy (non-hydrogen) atoms. The summed E-state index contributed by atoms with van der Waals surface area (Å²) in [6.07, 6.45) is 0. The Labute approximate surface area is 121 Å². The van der Waals surface area contributed by atoms with Crippen LogP contribution in [0.1, 0.15) is 11.4 Å². The molecule has 6 heteroatoms. The van der Waals surface area contributed by atoms with Gasteiger partial charge in [0.2, 0.25) is 0 Å². The van der Waals surface area contributed by atoms with E-state index >= 15 is 0 Å². The molecule has 2 heterocycles. The number of rotatable bonds is 2. The van der Waals surface area contributed by atoms with E-state index in [-0.39, 0.29) is 0 Å². The van der Waals surface area contributed by atoms with Crippen LogP contribution in [0.5, 0.6) is 11.5 Å². The number of nitrogens with two attached hydrogens (primary N) is 1. The first kappa shape index (κ1) is 13.1. The Kier molecular flexibility index (Phi) is 3.40. The smallest absolute Gasteiger partial charge is 0.192 e. The van der Waals surface area contributed by atoms with Crippen LogP contribution in [0.15, 0.2) is 28.3 Å². The minimum Gasteiger partial charge on any atom is -0.486 e. The summed E-state index contributed by atoms with van der Waals surface area (Å²) < 4.78 is 11.1. The molecule has 0 radical (unpaired) electrons. The van der Waals surface area contributed by atoms with E-state index in [0.717, 1.165) is 22.0 Å². The molecule has 1 aliphatic heterocycles. The number of hydrogen-bond donors (Lipinski definition) is 1. The fourth-order valence-corrected chi connectivity index (χ4v) is 2.93. The first-order chi connectivity index (χ1) is 9.61. The zero-order chi connectivity index (χ0) is 14.1. The molecular formula is C14H15N3O2S. The monoisotopic (exact) mass is 289 g/mol. The van der Waals surface area contributed by atoms with Gasteiger partial charge < -0.3 is 15.2 Å². The summed E-state index contributed by atoms with van der Waals surface area (Å²) in [5.41, 5.74) is 8.58. The maximum absolute atomic E-state index is 6.06. The number of aryl methyl sites for hydroxylation is 2. The number of fused-ring (bicyclic) bond motifs is 1. The lowest BCUT2D eigenvalue weighted by atomic mass is 10.2. The number of benzene rings is 1. The zero-order valence-corrected chi connectivity index (χ0v) is 12.2. The SMILES string of the molecule is Cc1cc(C)nc(Sc2cc3c(cc2N)OCCO3)n1. The third-order valence-corrected chi connectivity index (χ3v) is 3.78. The summed E-state index contributed by atoms with van der Waals surface area (Å²) in [7, 11) is 0. The van der Waals surface area contributed by atoms with Crippen molar-refractivity contribution < 1.29 is 9.47 Å². The molecule has 2 aromatic rings. The summed E-state index contributed by atoms with van der Waals surface area (Å²) in [4.78, 5) is 9.69. The average Bonchev–Trinajstić information content (AvgIpc) is 2.38. The highest BCUT2D eigenvalue weighted by Crippen LogP contribution is 2.40. The van der Waals surface area contributed by atoms with E-state index in [2.05, 4.69) is 9.97 Å². The molecule has 104 valence electrons. The predicted octanol–water partition coefficient (Wildman–Crippen LogP) is 2.60. The summed E-state index contributed by atoms with van der Waals surface area (Å²) in [5, 5.41) is 0.686. The second-order valence-electron chi connectivity index (χ2n) is 4.57. The van der Waals surface area contributed by atoms with E-state index < -0.39 is 0 Å². The Morgan fingerprint density at radius 3 is 2.25 bits per heavy atom. The van der Waals surface area contributed by atoms with Crippen molar-refractivity contribution in [2.75, 3.05) is 18.9 Å². The van der Waals surface area contributed by atoms with Gasteiger partial charge >= 0.3 is 0 Å². The average molecular weight is 289 g/mol. The summed E-state index contributed by atoms with van der Waals surface area (Å²) in [5.74, 6) is 1.41. The second-order valence-corrected chi connectivity index (χ2v) is 5.58. The molecule has 5 nitrogen and oxygen atoms in total. The van der Waals surface area contributed by atoms with Crippen LogP contribution >= 0.6 is 11.8 Å². The van der Waals surface area contributed by atoms with Gasteiger partial charge in [-0.3, -0.25) is 0 Å². The van der Waals surface area contributed by atoms with Crippen LogP contribution in [0.4, 0.5) is 5.69 Å². The Hall–Kier alpha value is -1.95. The fourth-order valence-electron chi connectivity index (χ4n) is 2.01. The van der Waals surface area contributed by atoms with Crippen molar-refractivity contribution >= 4 is 17.4 Å². The molecule has 0 bridgehead atoms. The van der Waals surface area contributed by atoms with Crippen molar-refractivity contribution in [1.82, 2.24) is 9.97 Å². The highest BCUT2D eigenvalue weighted by Gasteiger charge is 2.16. The van der Waals surface area contributed by atoms with Gasteiger partial charge in [0.05, 0.1) is 0 Å². The summed E-state index contributed by atoms with van der Waals surface area (Å²) >= 11 is 1.43. The van der Waals surface area contributed by atoms with Crippen molar-refractivity contribution in [1.29, 1.82) is 0 Å². The Bertz CT molecular complexity index is 641. The van der Waals surface area contributed by atoms with Crippen LogP contribution in [0.25, 0.3) is 0 Å². The highest BCUT2D eigenvalue weighted by molar-refractivity contribution is 7.99. The maximum atomic E-state index is 6.06. The van der Waals surface area contributed by atoms with E-state index in [0.29, 0.717) is 29.8 Å². The predicted molar refractivity (Wildman–Crippen MR) is 77.5 cm³/mol. The number of ether oxygens (including phenoxy) is 2. The topological polar surface area (TPSA) is 70.3 Å². The number of nitrogens with zero attached hydrogens (tertiary/aromatic N) is 2. The van der Waals surface area contributed by atoms with Crippen molar-refractivity contribution in [2.24, 2.45) is 0 Å². The van der Waals surface area contributed by atoms with Gasteiger partial charge in [0, 0.05) is 34.1 Å². The normalized spacial score (nSPS) is 13.3. The fraction of sp³-hybridized carbons (Fsp3) is 0.286. The molecule has 0 amide bonds. The van der Waals surface area contributed by atoms with Gasteiger partial charge in [0.25, 0.3) is 0 Å². The molecular weight excluding hydrogens is 274 g/mol. The second kappa shape index (κ2) is 5.20. The van der Waals surface area contributed by atoms with Gasteiger partial charge in [-0.1, -0.05) is 0 Å². The van der Waals surface area contributed by atoms with E-state index in [1.807, 2.05) is 26.0 Å². The van der Waals surface area contributed by atoms with E-state index in [1.54, 1.807) is 6.07 Å². The molecule has 1 aromatic heterocycles. The zero-order valence-electron chi connectivity index (χ0n) is 11.3. The molecule has 2 N–H and O–H groups in total. The van der Waals surface area contributed by atoms with Crippen molar-refractivity contribution in [3.63, 3.8) is 0 Å². The van der Waals surface area contributed by atoms with Gasteiger partial charge in [-0.05, 0) is 31.7 Å². The number of hydrogen-bond acceptors (Lipinski definition) is 6. The molecule has 1 aliphatic rings. The lowest BCUT2D eigenvalue weighted by Crippen LogP contribution is -2.15. The maximum Gasteiger partial charge on any atom is 0.192 e. The van der Waals surface area contributed by atoms with Gasteiger partial charge in [-0.2, -0.15) is 0 Å². The molecule has 0 saturated heterocycles. The molecule has 0 atom stereocenters. The number of aromatic nitrogens is 2. The van der Waals surface area contributed by atoms with Gasteiger partial charge in [0.1, 0.15) is 13.2 Å². The Morgan fingerprint density at radius 2 is 1.60 bits per heavy atom. The first-order valence-corrected chi connectivity index (χ1v) is 7.13.